The quantitative estimate of drug-likeness (QED) is 0.233. The lowest BCUT2D eigenvalue weighted by Gasteiger charge is -2.60. The van der Waals surface area contributed by atoms with Gasteiger partial charge in [0, 0.05) is 18.4 Å². The van der Waals surface area contributed by atoms with Gasteiger partial charge in [0.25, 0.3) is 10.1 Å². The molecule has 7 atom stereocenters. The Bertz CT molecular complexity index is 888. The third kappa shape index (κ3) is 4.25. The van der Waals surface area contributed by atoms with E-state index in [-0.39, 0.29) is 5.92 Å². The fourth-order valence-electron chi connectivity index (χ4n) is 6.36. The summed E-state index contributed by atoms with van der Waals surface area (Å²) < 4.78 is 48.4. The molecule has 33 heavy (non-hydrogen) atoms. The van der Waals surface area contributed by atoms with Crippen molar-refractivity contribution in [2.45, 2.75) is 96.1 Å². The van der Waals surface area contributed by atoms with Crippen LogP contribution in [0.3, 0.4) is 0 Å². The van der Waals surface area contributed by atoms with Gasteiger partial charge in [0.1, 0.15) is 23.9 Å². The maximum Gasteiger partial charge on any atom is 0.312 e. The predicted octanol–water partition coefficient (Wildman–Crippen LogP) is 3.02. The van der Waals surface area contributed by atoms with Crippen LogP contribution in [-0.2, 0) is 33.0 Å². The van der Waals surface area contributed by atoms with E-state index in [0.29, 0.717) is 12.0 Å². The van der Waals surface area contributed by atoms with E-state index in [2.05, 4.69) is 20.8 Å². The van der Waals surface area contributed by atoms with Crippen LogP contribution in [0.4, 0.5) is 0 Å². The summed E-state index contributed by atoms with van der Waals surface area (Å²) in [6.45, 7) is 12.0. The molecule has 0 spiro atoms. The summed E-state index contributed by atoms with van der Waals surface area (Å²) >= 11 is 0. The Morgan fingerprint density at radius 3 is 2.24 bits per heavy atom. The molecule has 3 rings (SSSR count). The molecule has 1 aliphatic heterocycles. The second kappa shape index (κ2) is 9.02. The molecule has 3 aliphatic rings. The number of methoxy groups -OCH3 is 1. The number of aliphatic hydroxyl groups excluding tert-OH is 1. The topological polar surface area (TPSA) is 108 Å². The van der Waals surface area contributed by atoms with Crippen LogP contribution in [0.5, 0.6) is 0 Å². The van der Waals surface area contributed by atoms with Gasteiger partial charge in [0.05, 0.1) is 18.3 Å². The van der Waals surface area contributed by atoms with Crippen molar-refractivity contribution < 1.29 is 36.4 Å². The van der Waals surface area contributed by atoms with Gasteiger partial charge in [-0.2, -0.15) is 8.42 Å². The molecule has 0 amide bonds. The minimum atomic E-state index is -3.90. The van der Waals surface area contributed by atoms with E-state index in [1.54, 1.807) is 20.1 Å². The van der Waals surface area contributed by atoms with Crippen LogP contribution in [0.25, 0.3) is 0 Å². The summed E-state index contributed by atoms with van der Waals surface area (Å²) in [5.41, 5.74) is -1.32. The van der Waals surface area contributed by atoms with Gasteiger partial charge in [-0.25, -0.2) is 0 Å². The number of ether oxygens (including phenoxy) is 2. The van der Waals surface area contributed by atoms with Crippen LogP contribution in [-0.4, -0.2) is 71.2 Å². The third-order valence-electron chi connectivity index (χ3n) is 8.46. The Kier molecular flexibility index (Phi) is 7.33. The van der Waals surface area contributed by atoms with Gasteiger partial charge in [-0.15, -0.1) is 0 Å². The minimum absolute atomic E-state index is 0.333. The summed E-state index contributed by atoms with van der Waals surface area (Å²) in [5.74, 6) is -1.37. The van der Waals surface area contributed by atoms with E-state index in [9.17, 15) is 18.3 Å². The largest absolute Gasteiger partial charge is 0.455 e. The lowest BCUT2D eigenvalue weighted by Crippen LogP contribution is -2.70. The van der Waals surface area contributed by atoms with E-state index in [0.717, 1.165) is 24.4 Å². The van der Waals surface area contributed by atoms with Gasteiger partial charge in [-0.05, 0) is 37.0 Å². The molecule has 190 valence electrons. The van der Waals surface area contributed by atoms with Crippen molar-refractivity contribution in [3.63, 3.8) is 0 Å². The van der Waals surface area contributed by atoms with Gasteiger partial charge < -0.3 is 19.0 Å². The van der Waals surface area contributed by atoms with Crippen LogP contribution in [0, 0.1) is 17.3 Å². The molecule has 2 aliphatic carbocycles. The van der Waals surface area contributed by atoms with Crippen molar-refractivity contribution >= 4 is 24.4 Å². The predicted molar refractivity (Wildman–Crippen MR) is 127 cm³/mol. The first-order chi connectivity index (χ1) is 15.2. The normalized spacial score (nSPS) is 39.9. The summed E-state index contributed by atoms with van der Waals surface area (Å²) in [6, 6.07) is 2.71. The average Bonchev–Trinajstić information content (AvgIpc) is 3.00. The molecule has 10 heteroatoms. The smallest absolute Gasteiger partial charge is 0.312 e. The first-order valence-electron chi connectivity index (χ1n) is 11.9. The van der Waals surface area contributed by atoms with Gasteiger partial charge >= 0.3 is 5.97 Å². The highest BCUT2D eigenvalue weighted by Gasteiger charge is 2.77. The molecular weight excluding hydrogens is 464 g/mol. The number of hydrogen-bond donors (Lipinski definition) is 1. The fraction of sp³-hybridized carbons (Fsp3) is 0.870. The Morgan fingerprint density at radius 2 is 1.79 bits per heavy atom. The van der Waals surface area contributed by atoms with Gasteiger partial charge in [0.2, 0.25) is 0 Å². The number of aliphatic hydroxyl groups is 1. The third-order valence-corrected chi connectivity index (χ3v) is 13.7. The monoisotopic (exact) mass is 504 g/mol. The Hall–Kier alpha value is -0.783. The SMILES string of the molecule is CC[Si](CC)(CC)O[C@H]1[C@@H]2C(=O)O[C@]3([C@H](O)[C@@H](OS(C)(=O)=O)/C(C)=C/[C@@H]1OC)[C@H]2CC3(C)C. The average molecular weight is 505 g/mol. The van der Waals surface area contributed by atoms with Crippen molar-refractivity contribution in [1.82, 2.24) is 0 Å². The molecule has 1 N–H and O–H groups in total. The van der Waals surface area contributed by atoms with Gasteiger partial charge in [0.15, 0.2) is 8.32 Å². The number of carbonyl (C=O) groups is 1. The van der Waals surface area contributed by atoms with Crippen molar-refractivity contribution in [3.05, 3.63) is 11.6 Å². The summed E-state index contributed by atoms with van der Waals surface area (Å²) in [6.07, 6.45) is -0.413. The van der Waals surface area contributed by atoms with E-state index in [1.165, 1.54) is 0 Å². The minimum Gasteiger partial charge on any atom is -0.455 e. The molecule has 0 radical (unpaired) electrons. The molecule has 2 bridgehead atoms. The molecule has 0 aromatic rings. The molecule has 1 saturated carbocycles. The molecule has 0 aromatic heterocycles. The summed E-state index contributed by atoms with van der Waals surface area (Å²) in [5, 5.41) is 11.6. The van der Waals surface area contributed by atoms with Crippen LogP contribution in [0.2, 0.25) is 18.1 Å². The fourth-order valence-corrected chi connectivity index (χ4v) is 9.85. The number of hydrogen-bond acceptors (Lipinski definition) is 8. The highest BCUT2D eigenvalue weighted by molar-refractivity contribution is 7.86. The van der Waals surface area contributed by atoms with Gasteiger partial charge in [-0.3, -0.25) is 8.98 Å². The molecule has 8 nitrogen and oxygen atoms in total. The van der Waals surface area contributed by atoms with Crippen LogP contribution in [0.15, 0.2) is 11.6 Å². The van der Waals surface area contributed by atoms with Gasteiger partial charge in [-0.1, -0.05) is 40.7 Å². The zero-order valence-corrected chi connectivity index (χ0v) is 22.9. The van der Waals surface area contributed by atoms with Crippen molar-refractivity contribution in [2.75, 3.05) is 13.4 Å². The highest BCUT2D eigenvalue weighted by atomic mass is 32.2. The lowest BCUT2D eigenvalue weighted by molar-refractivity contribution is -0.251. The zero-order valence-electron chi connectivity index (χ0n) is 21.1. The number of rotatable bonds is 8. The number of carbonyl (C=O) groups excluding carboxylic acids is 1. The van der Waals surface area contributed by atoms with Crippen LogP contribution in [0.1, 0.15) is 48.0 Å². The van der Waals surface area contributed by atoms with Crippen LogP contribution >= 0.6 is 0 Å². The molecule has 2 fully saturated rings. The second-order valence-electron chi connectivity index (χ2n) is 10.5. The highest BCUT2D eigenvalue weighted by Crippen LogP contribution is 2.66. The first kappa shape index (κ1) is 26.8. The van der Waals surface area contributed by atoms with E-state index < -0.39 is 65.8 Å². The van der Waals surface area contributed by atoms with Crippen molar-refractivity contribution in [1.29, 1.82) is 0 Å². The van der Waals surface area contributed by atoms with E-state index in [4.69, 9.17) is 18.1 Å². The Labute approximate surface area is 199 Å². The summed E-state index contributed by atoms with van der Waals surface area (Å²) in [7, 11) is -4.50. The molecule has 1 saturated heterocycles. The Morgan fingerprint density at radius 1 is 1.21 bits per heavy atom. The van der Waals surface area contributed by atoms with Crippen molar-refractivity contribution in [2.24, 2.45) is 17.3 Å². The second-order valence-corrected chi connectivity index (χ2v) is 16.9. The maximum atomic E-state index is 13.4. The standard InChI is InChI=1S/C23H40O8SSi/c1-9-33(10-2,11-3)31-19-16(28-7)12-14(4)18(30-32(8,26)27)20(24)23-15(13-22(23,5)6)17(19)21(25)29-23/h12,15-20,24H,9-11,13H2,1-8H3/b14-12+/t15-,16-,17+,18-,19+,20+,23-/m0/s1. The molecule has 0 aromatic carbocycles. The van der Waals surface area contributed by atoms with Crippen LogP contribution < -0.4 is 0 Å². The Balaban J connectivity index is 2.21. The van der Waals surface area contributed by atoms with Crippen molar-refractivity contribution in [3.8, 4) is 0 Å². The molecular formula is C23H40O8SSi. The zero-order chi connectivity index (χ0) is 25.0. The number of esters is 1. The van der Waals surface area contributed by atoms with E-state index in [1.807, 2.05) is 13.8 Å². The first-order valence-corrected chi connectivity index (χ1v) is 16.2. The lowest BCUT2D eigenvalue weighted by atomic mass is 9.47. The molecule has 1 heterocycles. The maximum absolute atomic E-state index is 13.4. The molecule has 0 unspecified atom stereocenters. The summed E-state index contributed by atoms with van der Waals surface area (Å²) in [4.78, 5) is 13.4. The van der Waals surface area contributed by atoms with E-state index >= 15 is 0 Å².